The second-order valence-electron chi connectivity index (χ2n) is 8.24. The minimum absolute atomic E-state index is 0.00792. The second-order valence-corrected chi connectivity index (χ2v) is 8.24. The summed E-state index contributed by atoms with van der Waals surface area (Å²) in [5.41, 5.74) is -0.277. The van der Waals surface area contributed by atoms with Crippen LogP contribution in [0.5, 0.6) is 0 Å². The number of rotatable bonds is 4. The van der Waals surface area contributed by atoms with E-state index in [1.54, 1.807) is 11.8 Å². The molecule has 29 heavy (non-hydrogen) atoms. The smallest absolute Gasteiger partial charge is 0.339 e. The standard InChI is InChI=1S/C24H25NO4/c1-5-13-24(28)19(21(26)29-6-2)20-17-12-11-15-9-7-8-10-16(15)18(17)14-23(3,4)25(20)22(24)27/h5,7-12,28H,1,6,13-14H2,2-4H3/t24-/m0/s1. The van der Waals surface area contributed by atoms with Gasteiger partial charge in [-0.05, 0) is 43.5 Å². The fraction of sp³-hybridized carbons (Fsp3) is 0.333. The number of hydrogen-bond acceptors (Lipinski definition) is 4. The van der Waals surface area contributed by atoms with Crippen LogP contribution in [0.1, 0.15) is 38.3 Å². The van der Waals surface area contributed by atoms with Gasteiger partial charge in [-0.15, -0.1) is 6.58 Å². The first-order valence-corrected chi connectivity index (χ1v) is 9.87. The molecule has 2 aliphatic rings. The van der Waals surface area contributed by atoms with Crippen molar-refractivity contribution in [2.75, 3.05) is 6.61 Å². The number of hydrogen-bond donors (Lipinski definition) is 1. The lowest BCUT2D eigenvalue weighted by Crippen LogP contribution is -2.53. The highest BCUT2D eigenvalue weighted by molar-refractivity contribution is 6.16. The lowest BCUT2D eigenvalue weighted by Gasteiger charge is -2.43. The molecule has 0 aliphatic carbocycles. The van der Waals surface area contributed by atoms with E-state index in [4.69, 9.17) is 4.74 Å². The van der Waals surface area contributed by atoms with E-state index in [0.717, 1.165) is 21.9 Å². The van der Waals surface area contributed by atoms with Crippen molar-refractivity contribution in [1.82, 2.24) is 4.90 Å². The Labute approximate surface area is 170 Å². The zero-order chi connectivity index (χ0) is 21.0. The van der Waals surface area contributed by atoms with Crippen LogP contribution in [0.25, 0.3) is 16.5 Å². The Bertz CT molecular complexity index is 1080. The van der Waals surface area contributed by atoms with Crippen LogP contribution in [0, 0.1) is 0 Å². The molecule has 2 aliphatic heterocycles. The maximum atomic E-state index is 13.4. The normalized spacial score (nSPS) is 22.5. The summed E-state index contributed by atoms with van der Waals surface area (Å²) >= 11 is 0. The summed E-state index contributed by atoms with van der Waals surface area (Å²) in [5, 5.41) is 13.6. The van der Waals surface area contributed by atoms with Gasteiger partial charge in [0, 0.05) is 17.5 Å². The molecule has 0 spiro atoms. The van der Waals surface area contributed by atoms with E-state index in [9.17, 15) is 14.7 Å². The van der Waals surface area contributed by atoms with Gasteiger partial charge in [-0.1, -0.05) is 42.5 Å². The molecule has 0 saturated heterocycles. The highest BCUT2D eigenvalue weighted by Crippen LogP contribution is 2.50. The van der Waals surface area contributed by atoms with Crippen molar-refractivity contribution in [3.63, 3.8) is 0 Å². The molecule has 0 fully saturated rings. The van der Waals surface area contributed by atoms with Gasteiger partial charge in [0.1, 0.15) is 5.57 Å². The zero-order valence-electron chi connectivity index (χ0n) is 17.0. The summed E-state index contributed by atoms with van der Waals surface area (Å²) in [6, 6.07) is 12.0. The van der Waals surface area contributed by atoms with Crippen LogP contribution in [0.2, 0.25) is 0 Å². The van der Waals surface area contributed by atoms with E-state index >= 15 is 0 Å². The van der Waals surface area contributed by atoms with Crippen molar-refractivity contribution in [2.24, 2.45) is 0 Å². The molecule has 2 aromatic rings. The molecule has 4 rings (SSSR count). The van der Waals surface area contributed by atoms with Crippen molar-refractivity contribution in [2.45, 2.75) is 44.8 Å². The van der Waals surface area contributed by atoms with Crippen LogP contribution in [0.3, 0.4) is 0 Å². The topological polar surface area (TPSA) is 66.8 Å². The van der Waals surface area contributed by atoms with Gasteiger partial charge in [0.15, 0.2) is 5.60 Å². The Hall–Kier alpha value is -2.92. The minimum Gasteiger partial charge on any atom is -0.462 e. The van der Waals surface area contributed by atoms with Crippen molar-refractivity contribution in [3.05, 3.63) is 65.8 Å². The Morgan fingerprint density at radius 3 is 2.69 bits per heavy atom. The Kier molecular flexibility index (Phi) is 4.39. The quantitative estimate of drug-likeness (QED) is 0.639. The van der Waals surface area contributed by atoms with Crippen molar-refractivity contribution in [1.29, 1.82) is 0 Å². The van der Waals surface area contributed by atoms with Gasteiger partial charge in [-0.25, -0.2) is 4.79 Å². The molecule has 0 unspecified atom stereocenters. The van der Waals surface area contributed by atoms with Gasteiger partial charge in [-0.3, -0.25) is 4.79 Å². The van der Waals surface area contributed by atoms with E-state index in [1.807, 2.05) is 44.2 Å². The number of fused-ring (bicyclic) bond motifs is 5. The third-order valence-corrected chi connectivity index (χ3v) is 5.86. The van der Waals surface area contributed by atoms with Gasteiger partial charge in [0.05, 0.1) is 12.3 Å². The van der Waals surface area contributed by atoms with E-state index in [0.29, 0.717) is 12.1 Å². The maximum Gasteiger partial charge on any atom is 0.339 e. The molecule has 1 N–H and O–H groups in total. The Morgan fingerprint density at radius 1 is 1.28 bits per heavy atom. The number of benzene rings is 2. The molecule has 2 heterocycles. The number of amides is 1. The predicted molar refractivity (Wildman–Crippen MR) is 112 cm³/mol. The summed E-state index contributed by atoms with van der Waals surface area (Å²) in [6.07, 6.45) is 2.02. The van der Waals surface area contributed by atoms with E-state index in [2.05, 4.69) is 12.6 Å². The lowest BCUT2D eigenvalue weighted by atomic mass is 9.81. The summed E-state index contributed by atoms with van der Waals surface area (Å²) < 4.78 is 5.27. The number of nitrogens with zero attached hydrogens (tertiary/aromatic N) is 1. The van der Waals surface area contributed by atoms with Gasteiger partial charge in [-0.2, -0.15) is 0 Å². The lowest BCUT2D eigenvalue weighted by molar-refractivity contribution is -0.150. The van der Waals surface area contributed by atoms with Crippen LogP contribution >= 0.6 is 0 Å². The second kappa shape index (κ2) is 6.56. The Morgan fingerprint density at radius 2 is 2.00 bits per heavy atom. The average Bonchev–Trinajstić information content (AvgIpc) is 2.90. The fourth-order valence-electron chi connectivity index (χ4n) is 4.66. The van der Waals surface area contributed by atoms with Crippen molar-refractivity contribution in [3.8, 4) is 0 Å². The molecule has 0 radical (unpaired) electrons. The molecule has 5 heteroatoms. The molecule has 150 valence electrons. The van der Waals surface area contributed by atoms with Crippen LogP contribution in [-0.4, -0.2) is 39.6 Å². The monoisotopic (exact) mass is 391 g/mol. The van der Waals surface area contributed by atoms with E-state index in [1.165, 1.54) is 6.08 Å². The predicted octanol–water partition coefficient (Wildman–Crippen LogP) is 3.60. The highest BCUT2D eigenvalue weighted by Gasteiger charge is 2.59. The molecule has 0 bridgehead atoms. The SMILES string of the molecule is C=CC[C@@]1(O)C(=O)N2C(=C1C(=O)OCC)c1ccc3ccccc3c1CC2(C)C. The van der Waals surface area contributed by atoms with Gasteiger partial charge >= 0.3 is 5.97 Å². The van der Waals surface area contributed by atoms with Crippen LogP contribution in [0.4, 0.5) is 0 Å². The molecular weight excluding hydrogens is 366 g/mol. The molecule has 0 saturated carbocycles. The number of carbonyl (C=O) groups is 2. The summed E-state index contributed by atoms with van der Waals surface area (Å²) in [4.78, 5) is 28.0. The van der Waals surface area contributed by atoms with E-state index < -0.39 is 23.0 Å². The number of aliphatic hydroxyl groups is 1. The third-order valence-electron chi connectivity index (χ3n) is 5.86. The molecule has 0 aromatic heterocycles. The molecular formula is C24H25NO4. The first kappa shape index (κ1) is 19.4. The van der Waals surface area contributed by atoms with Gasteiger partial charge < -0.3 is 14.7 Å². The fourth-order valence-corrected chi connectivity index (χ4v) is 4.66. The number of carbonyl (C=O) groups excluding carboxylic acids is 2. The largest absolute Gasteiger partial charge is 0.462 e. The molecule has 1 atom stereocenters. The van der Waals surface area contributed by atoms with Crippen molar-refractivity contribution < 1.29 is 19.4 Å². The maximum absolute atomic E-state index is 13.4. The first-order chi connectivity index (χ1) is 13.8. The number of ether oxygens (including phenoxy) is 1. The van der Waals surface area contributed by atoms with Crippen LogP contribution < -0.4 is 0 Å². The zero-order valence-corrected chi connectivity index (χ0v) is 17.0. The number of esters is 1. The van der Waals surface area contributed by atoms with Crippen LogP contribution in [0.15, 0.2) is 54.6 Å². The van der Waals surface area contributed by atoms with E-state index in [-0.39, 0.29) is 18.6 Å². The molecule has 5 nitrogen and oxygen atoms in total. The summed E-state index contributed by atoms with van der Waals surface area (Å²) in [5.74, 6) is -1.17. The summed E-state index contributed by atoms with van der Waals surface area (Å²) in [7, 11) is 0. The van der Waals surface area contributed by atoms with Gasteiger partial charge in [0.2, 0.25) is 0 Å². The average molecular weight is 391 g/mol. The highest BCUT2D eigenvalue weighted by atomic mass is 16.5. The first-order valence-electron chi connectivity index (χ1n) is 9.87. The van der Waals surface area contributed by atoms with Crippen molar-refractivity contribution >= 4 is 28.3 Å². The molecule has 2 aromatic carbocycles. The third kappa shape index (κ3) is 2.64. The molecule has 1 amide bonds. The Balaban J connectivity index is 2.10. The minimum atomic E-state index is -1.98. The summed E-state index contributed by atoms with van der Waals surface area (Å²) in [6.45, 7) is 9.45. The van der Waals surface area contributed by atoms with Crippen LogP contribution in [-0.2, 0) is 20.7 Å². The van der Waals surface area contributed by atoms with Gasteiger partial charge in [0.25, 0.3) is 5.91 Å².